The van der Waals surface area contributed by atoms with Gasteiger partial charge in [0.2, 0.25) is 0 Å². The van der Waals surface area contributed by atoms with Crippen LogP contribution in [0.5, 0.6) is 0 Å². The number of halogens is 1. The van der Waals surface area contributed by atoms with Crippen molar-refractivity contribution in [3.8, 4) is 0 Å². The Morgan fingerprint density at radius 2 is 2.11 bits per heavy atom. The number of aliphatic hydroxyl groups excluding tert-OH is 1. The van der Waals surface area contributed by atoms with Gasteiger partial charge in [-0.25, -0.2) is 14.4 Å². The van der Waals surface area contributed by atoms with E-state index in [0.717, 1.165) is 0 Å². The van der Waals surface area contributed by atoms with Gasteiger partial charge in [0, 0.05) is 17.0 Å². The van der Waals surface area contributed by atoms with Crippen LogP contribution >= 0.6 is 11.3 Å². The molecule has 27 heavy (non-hydrogen) atoms. The number of amides is 1. The largest absolute Gasteiger partial charge is 0.394 e. The topological polar surface area (TPSA) is 84.3 Å². The molecule has 1 aliphatic heterocycles. The van der Waals surface area contributed by atoms with Gasteiger partial charge in [-0.1, -0.05) is 25.1 Å². The summed E-state index contributed by atoms with van der Waals surface area (Å²) in [6, 6.07) is 8.82. The molecule has 0 radical (unpaired) electrons. The lowest BCUT2D eigenvalue weighted by molar-refractivity contribution is -0.00398. The number of alkyl halides is 1. The fraction of sp³-hybridized carbons (Fsp3) is 0.316. The molecule has 2 aromatic heterocycles. The van der Waals surface area contributed by atoms with Gasteiger partial charge in [-0.2, -0.15) is 0 Å². The van der Waals surface area contributed by atoms with E-state index in [9.17, 15) is 14.3 Å². The van der Waals surface area contributed by atoms with Crippen molar-refractivity contribution in [2.75, 3.05) is 11.9 Å². The van der Waals surface area contributed by atoms with Crippen molar-refractivity contribution >= 4 is 33.3 Å². The first-order chi connectivity index (χ1) is 13.1. The zero-order valence-corrected chi connectivity index (χ0v) is 15.3. The van der Waals surface area contributed by atoms with E-state index in [0.29, 0.717) is 27.2 Å². The Hall–Kier alpha value is -2.42. The molecular weight excluding hydrogens is 369 g/mol. The molecule has 1 aliphatic rings. The van der Waals surface area contributed by atoms with E-state index in [2.05, 4.69) is 15.3 Å². The lowest BCUT2D eigenvalue weighted by atomic mass is 9.97. The van der Waals surface area contributed by atoms with E-state index in [4.69, 9.17) is 4.74 Å². The number of fused-ring (bicyclic) bond motifs is 1. The summed E-state index contributed by atoms with van der Waals surface area (Å²) in [4.78, 5) is 20.9. The molecule has 1 amide bonds. The molecule has 2 N–H and O–H groups in total. The Morgan fingerprint density at radius 1 is 1.33 bits per heavy atom. The monoisotopic (exact) mass is 387 g/mol. The van der Waals surface area contributed by atoms with Crippen molar-refractivity contribution in [1.29, 1.82) is 0 Å². The van der Waals surface area contributed by atoms with Gasteiger partial charge in [-0.3, -0.25) is 4.79 Å². The summed E-state index contributed by atoms with van der Waals surface area (Å²) in [7, 11) is 0. The van der Waals surface area contributed by atoms with Gasteiger partial charge in [0.05, 0.1) is 22.9 Å². The van der Waals surface area contributed by atoms with Crippen LogP contribution in [0.25, 0.3) is 10.2 Å². The zero-order chi connectivity index (χ0) is 19.0. The Morgan fingerprint density at radius 3 is 2.81 bits per heavy atom. The molecule has 1 fully saturated rings. The van der Waals surface area contributed by atoms with Crippen molar-refractivity contribution in [2.24, 2.45) is 5.92 Å². The molecule has 140 valence electrons. The normalized spacial score (nSPS) is 25.0. The Balaban J connectivity index is 1.65. The summed E-state index contributed by atoms with van der Waals surface area (Å²) < 4.78 is 21.1. The van der Waals surface area contributed by atoms with Crippen molar-refractivity contribution in [1.82, 2.24) is 9.97 Å². The number of carbonyl (C=O) groups is 1. The van der Waals surface area contributed by atoms with Gasteiger partial charge in [-0.15, -0.1) is 11.3 Å². The molecule has 3 aromatic rings. The molecule has 0 bridgehead atoms. The molecule has 8 heteroatoms. The van der Waals surface area contributed by atoms with Crippen LogP contribution in [0.15, 0.2) is 42.0 Å². The van der Waals surface area contributed by atoms with Crippen LogP contribution in [0, 0.1) is 5.92 Å². The summed E-state index contributed by atoms with van der Waals surface area (Å²) in [5.74, 6) is -0.306. The van der Waals surface area contributed by atoms with Gasteiger partial charge in [0.15, 0.2) is 5.82 Å². The maximum Gasteiger partial charge on any atom is 0.256 e. The Bertz CT molecular complexity index is 965. The summed E-state index contributed by atoms with van der Waals surface area (Å²) in [6.45, 7) is 1.49. The number of nitrogens with one attached hydrogen (secondary N) is 1. The molecule has 4 atom stereocenters. The van der Waals surface area contributed by atoms with Gasteiger partial charge in [-0.05, 0) is 17.5 Å². The maximum absolute atomic E-state index is 14.7. The van der Waals surface area contributed by atoms with Crippen LogP contribution in [0.4, 0.5) is 10.2 Å². The van der Waals surface area contributed by atoms with Gasteiger partial charge < -0.3 is 15.2 Å². The third kappa shape index (κ3) is 3.20. The average molecular weight is 387 g/mol. The minimum Gasteiger partial charge on any atom is -0.394 e. The molecule has 3 heterocycles. The van der Waals surface area contributed by atoms with E-state index in [1.54, 1.807) is 36.6 Å². The zero-order valence-electron chi connectivity index (χ0n) is 14.5. The van der Waals surface area contributed by atoms with Crippen molar-refractivity contribution in [2.45, 2.75) is 25.3 Å². The fourth-order valence-corrected chi connectivity index (χ4v) is 4.24. The third-order valence-corrected chi connectivity index (χ3v) is 5.83. The second-order valence-corrected chi connectivity index (χ2v) is 7.37. The highest BCUT2D eigenvalue weighted by atomic mass is 32.1. The molecule has 6 nitrogen and oxygen atoms in total. The maximum atomic E-state index is 14.7. The van der Waals surface area contributed by atoms with Crippen molar-refractivity contribution < 1.29 is 19.0 Å². The molecular formula is C19H18FN3O3S. The van der Waals surface area contributed by atoms with Crippen molar-refractivity contribution in [3.05, 3.63) is 53.2 Å². The van der Waals surface area contributed by atoms with Gasteiger partial charge in [0.25, 0.3) is 5.91 Å². The van der Waals surface area contributed by atoms with E-state index >= 15 is 0 Å². The lowest BCUT2D eigenvalue weighted by Gasteiger charge is -2.12. The summed E-state index contributed by atoms with van der Waals surface area (Å²) in [6.07, 6.45) is -1.23. The summed E-state index contributed by atoms with van der Waals surface area (Å²) in [5.41, 5.74) is 1.68. The first kappa shape index (κ1) is 18.0. The molecule has 1 saturated heterocycles. The standard InChI is InChI=1S/C19H18FN3O3S/c1-10-13(7-24)26-16(14(10)20)12-8-27-17-15(12)21-9-22-18(17)23-19(25)11-5-3-2-4-6-11/h2-6,8-10,13-14,16,24H,7H2,1H3,(H,21,22,23,25)/t10-,13-,14-,16+/m1/s1. The second-order valence-electron chi connectivity index (χ2n) is 6.49. The number of benzene rings is 1. The number of ether oxygens (including phenoxy) is 1. The van der Waals surface area contributed by atoms with Crippen LogP contribution in [0.1, 0.15) is 28.9 Å². The summed E-state index contributed by atoms with van der Waals surface area (Å²) >= 11 is 1.33. The van der Waals surface area contributed by atoms with E-state index in [1.807, 2.05) is 6.07 Å². The molecule has 0 aliphatic carbocycles. The predicted molar refractivity (Wildman–Crippen MR) is 101 cm³/mol. The second kappa shape index (κ2) is 7.30. The highest BCUT2D eigenvalue weighted by molar-refractivity contribution is 7.18. The highest BCUT2D eigenvalue weighted by Gasteiger charge is 2.43. The molecule has 4 rings (SSSR count). The fourth-order valence-electron chi connectivity index (χ4n) is 3.25. The van der Waals surface area contributed by atoms with Crippen LogP contribution in [0.2, 0.25) is 0 Å². The quantitative estimate of drug-likeness (QED) is 0.717. The minimum atomic E-state index is -1.24. The van der Waals surface area contributed by atoms with Gasteiger partial charge >= 0.3 is 0 Å². The number of nitrogens with zero attached hydrogens (tertiary/aromatic N) is 2. The van der Waals surface area contributed by atoms with E-state index in [-0.39, 0.29) is 12.5 Å². The Labute approximate surface area is 159 Å². The third-order valence-electron chi connectivity index (χ3n) is 4.83. The number of hydrogen-bond acceptors (Lipinski definition) is 6. The predicted octanol–water partition coefficient (Wildman–Crippen LogP) is 3.35. The lowest BCUT2D eigenvalue weighted by Crippen LogP contribution is -2.21. The number of carbonyl (C=O) groups excluding carboxylic acids is 1. The number of hydrogen-bond donors (Lipinski definition) is 2. The van der Waals surface area contributed by atoms with E-state index < -0.39 is 24.3 Å². The number of rotatable bonds is 4. The molecule has 0 saturated carbocycles. The first-order valence-corrected chi connectivity index (χ1v) is 9.47. The molecule has 0 unspecified atom stereocenters. The van der Waals surface area contributed by atoms with Crippen LogP contribution in [-0.2, 0) is 4.74 Å². The molecule has 1 aromatic carbocycles. The SMILES string of the molecule is C[C@H]1[C@@H](F)[C@H](c2csc3c(NC(=O)c4ccccc4)ncnc23)O[C@@H]1CO. The smallest absolute Gasteiger partial charge is 0.256 e. The minimum absolute atomic E-state index is 0.229. The van der Waals surface area contributed by atoms with Crippen LogP contribution in [0.3, 0.4) is 0 Å². The Kier molecular flexibility index (Phi) is 4.86. The van der Waals surface area contributed by atoms with Crippen LogP contribution < -0.4 is 5.32 Å². The number of anilines is 1. The summed E-state index contributed by atoms with van der Waals surface area (Å²) in [5, 5.41) is 13.9. The van der Waals surface area contributed by atoms with Crippen LogP contribution in [-0.4, -0.2) is 39.9 Å². The van der Waals surface area contributed by atoms with Gasteiger partial charge in [0.1, 0.15) is 18.6 Å². The van der Waals surface area contributed by atoms with Crippen molar-refractivity contribution in [3.63, 3.8) is 0 Å². The number of thiophene rings is 1. The highest BCUT2D eigenvalue weighted by Crippen LogP contribution is 2.43. The molecule has 0 spiro atoms. The number of aliphatic hydroxyl groups is 1. The first-order valence-electron chi connectivity index (χ1n) is 8.59. The average Bonchev–Trinajstić information content (AvgIpc) is 3.25. The van der Waals surface area contributed by atoms with E-state index in [1.165, 1.54) is 17.7 Å². The number of aromatic nitrogens is 2.